The number of nitrogens with zero attached hydrogens (tertiary/aromatic N) is 1. The molecule has 1 amide bonds. The number of carbonyl (C=O) groups excluding carboxylic acids is 1. The van der Waals surface area contributed by atoms with Crippen LogP contribution < -0.4 is 10.6 Å². The summed E-state index contributed by atoms with van der Waals surface area (Å²) in [7, 11) is 0. The van der Waals surface area contributed by atoms with Crippen LogP contribution in [0.4, 0.5) is 5.82 Å². The van der Waals surface area contributed by atoms with Crippen LogP contribution in [0.25, 0.3) is 0 Å². The number of aromatic nitrogens is 2. The highest BCUT2D eigenvalue weighted by molar-refractivity contribution is 5.95. The summed E-state index contributed by atoms with van der Waals surface area (Å²) < 4.78 is 0. The highest BCUT2D eigenvalue weighted by Crippen LogP contribution is 2.34. The van der Waals surface area contributed by atoms with Crippen LogP contribution >= 0.6 is 0 Å². The maximum Gasteiger partial charge on any atom is 0.231 e. The summed E-state index contributed by atoms with van der Waals surface area (Å²) in [5, 5.41) is 13.2. The molecule has 2 heterocycles. The van der Waals surface area contributed by atoms with Gasteiger partial charge in [0, 0.05) is 5.56 Å². The van der Waals surface area contributed by atoms with Crippen LogP contribution in [0.1, 0.15) is 38.7 Å². The van der Waals surface area contributed by atoms with Gasteiger partial charge in [-0.05, 0) is 38.8 Å². The second-order valence-electron chi connectivity index (χ2n) is 4.96. The summed E-state index contributed by atoms with van der Waals surface area (Å²) in [6.45, 7) is 5.99. The van der Waals surface area contributed by atoms with E-state index in [4.69, 9.17) is 0 Å². The Balaban J connectivity index is 2.10. The Morgan fingerprint density at radius 2 is 2.17 bits per heavy atom. The number of hydrogen-bond acceptors (Lipinski definition) is 3. The van der Waals surface area contributed by atoms with Gasteiger partial charge in [-0.25, -0.2) is 0 Å². The number of amides is 1. The van der Waals surface area contributed by atoms with Gasteiger partial charge < -0.3 is 10.6 Å². The van der Waals surface area contributed by atoms with Crippen molar-refractivity contribution in [2.24, 2.45) is 5.41 Å². The average Bonchev–Trinajstić information content (AvgIpc) is 2.86. The molecule has 0 spiro atoms. The van der Waals surface area contributed by atoms with Gasteiger partial charge in [-0.15, -0.1) is 0 Å². The number of piperidine rings is 1. The first-order valence-electron chi connectivity index (χ1n) is 6.76. The zero-order valence-electron chi connectivity index (χ0n) is 11.2. The Morgan fingerprint density at radius 3 is 2.78 bits per heavy atom. The summed E-state index contributed by atoms with van der Waals surface area (Å²) in [5.74, 6) is 0.888. The van der Waals surface area contributed by atoms with Gasteiger partial charge in [0.2, 0.25) is 5.91 Å². The van der Waals surface area contributed by atoms with Gasteiger partial charge in [0.05, 0.1) is 11.6 Å². The average molecular weight is 250 g/mol. The monoisotopic (exact) mass is 250 g/mol. The largest absolute Gasteiger partial charge is 0.317 e. The third kappa shape index (κ3) is 2.41. The molecule has 0 radical (unpaired) electrons. The minimum Gasteiger partial charge on any atom is -0.317 e. The molecule has 0 aliphatic carbocycles. The molecule has 1 aliphatic heterocycles. The van der Waals surface area contributed by atoms with E-state index in [0.717, 1.165) is 50.2 Å². The van der Waals surface area contributed by atoms with Crippen molar-refractivity contribution in [2.75, 3.05) is 18.4 Å². The number of aromatic amines is 1. The van der Waals surface area contributed by atoms with Gasteiger partial charge in [-0.1, -0.05) is 13.8 Å². The molecule has 1 saturated heterocycles. The third-order valence-electron chi connectivity index (χ3n) is 4.06. The zero-order chi connectivity index (χ0) is 13.0. The summed E-state index contributed by atoms with van der Waals surface area (Å²) in [6, 6.07) is 0. The van der Waals surface area contributed by atoms with E-state index in [9.17, 15) is 4.79 Å². The molecule has 5 heteroatoms. The van der Waals surface area contributed by atoms with Crippen molar-refractivity contribution in [3.8, 4) is 0 Å². The molecule has 3 N–H and O–H groups in total. The minimum atomic E-state index is -0.221. The van der Waals surface area contributed by atoms with Crippen LogP contribution in [-0.2, 0) is 11.2 Å². The van der Waals surface area contributed by atoms with Crippen molar-refractivity contribution in [1.29, 1.82) is 0 Å². The summed E-state index contributed by atoms with van der Waals surface area (Å²) in [6.07, 6.45) is 5.34. The fourth-order valence-corrected chi connectivity index (χ4v) is 2.58. The molecule has 0 bridgehead atoms. The predicted octanol–water partition coefficient (Wildman–Crippen LogP) is 1.69. The SMILES string of the molecule is CCc1cn[nH]c1NC(=O)C1(CC)CCNCC1. The molecular formula is C13H22N4O. The van der Waals surface area contributed by atoms with E-state index in [0.29, 0.717) is 0 Å². The Kier molecular flexibility index (Phi) is 4.01. The highest BCUT2D eigenvalue weighted by Gasteiger charge is 2.38. The molecule has 100 valence electrons. The molecule has 1 aromatic heterocycles. The smallest absolute Gasteiger partial charge is 0.231 e. The molecule has 0 aromatic carbocycles. The maximum absolute atomic E-state index is 12.5. The number of hydrogen-bond donors (Lipinski definition) is 3. The Morgan fingerprint density at radius 1 is 1.44 bits per heavy atom. The van der Waals surface area contributed by atoms with Crippen LogP contribution in [0.3, 0.4) is 0 Å². The van der Waals surface area contributed by atoms with Gasteiger partial charge in [0.15, 0.2) is 0 Å². The van der Waals surface area contributed by atoms with Crippen molar-refractivity contribution in [3.05, 3.63) is 11.8 Å². The standard InChI is InChI=1S/C13H22N4O/c1-3-10-9-15-17-11(10)16-12(18)13(4-2)5-7-14-8-6-13/h9,14H,3-8H2,1-2H3,(H2,15,16,17,18). The van der Waals surface area contributed by atoms with E-state index in [1.807, 2.05) is 0 Å². The summed E-state index contributed by atoms with van der Waals surface area (Å²) in [4.78, 5) is 12.5. The fraction of sp³-hybridized carbons (Fsp3) is 0.692. The molecule has 18 heavy (non-hydrogen) atoms. The molecule has 1 fully saturated rings. The Bertz CT molecular complexity index is 407. The molecule has 1 aliphatic rings. The lowest BCUT2D eigenvalue weighted by molar-refractivity contribution is -0.127. The van der Waals surface area contributed by atoms with Crippen molar-refractivity contribution in [2.45, 2.75) is 39.5 Å². The van der Waals surface area contributed by atoms with Gasteiger partial charge in [0.25, 0.3) is 0 Å². The first-order valence-corrected chi connectivity index (χ1v) is 6.76. The number of aryl methyl sites for hydroxylation is 1. The van der Waals surface area contributed by atoms with E-state index in [1.54, 1.807) is 6.20 Å². The van der Waals surface area contributed by atoms with Crippen molar-refractivity contribution in [3.63, 3.8) is 0 Å². The van der Waals surface area contributed by atoms with Crippen LogP contribution in [-0.4, -0.2) is 29.2 Å². The molecule has 0 atom stereocenters. The Hall–Kier alpha value is -1.36. The fourth-order valence-electron chi connectivity index (χ4n) is 2.58. The molecular weight excluding hydrogens is 228 g/mol. The summed E-state index contributed by atoms with van der Waals surface area (Å²) in [5.41, 5.74) is 0.838. The van der Waals surface area contributed by atoms with Crippen LogP contribution in [0.15, 0.2) is 6.20 Å². The first-order chi connectivity index (χ1) is 8.72. The molecule has 0 saturated carbocycles. The lowest BCUT2D eigenvalue weighted by Gasteiger charge is -2.35. The van der Waals surface area contributed by atoms with E-state index in [2.05, 4.69) is 34.7 Å². The number of nitrogens with one attached hydrogen (secondary N) is 3. The third-order valence-corrected chi connectivity index (χ3v) is 4.06. The zero-order valence-corrected chi connectivity index (χ0v) is 11.2. The summed E-state index contributed by atoms with van der Waals surface area (Å²) >= 11 is 0. The van der Waals surface area contributed by atoms with Gasteiger partial charge in [-0.2, -0.15) is 5.10 Å². The van der Waals surface area contributed by atoms with Crippen LogP contribution in [0.5, 0.6) is 0 Å². The number of anilines is 1. The van der Waals surface area contributed by atoms with E-state index >= 15 is 0 Å². The highest BCUT2D eigenvalue weighted by atomic mass is 16.2. The normalized spacial score (nSPS) is 18.6. The molecule has 0 unspecified atom stereocenters. The molecule has 1 aromatic rings. The van der Waals surface area contributed by atoms with Crippen LogP contribution in [0, 0.1) is 5.41 Å². The van der Waals surface area contributed by atoms with Crippen LogP contribution in [0.2, 0.25) is 0 Å². The van der Waals surface area contributed by atoms with Crippen molar-refractivity contribution >= 4 is 11.7 Å². The number of rotatable bonds is 4. The number of carbonyl (C=O) groups is 1. The van der Waals surface area contributed by atoms with E-state index < -0.39 is 0 Å². The van der Waals surface area contributed by atoms with Crippen molar-refractivity contribution in [1.82, 2.24) is 15.5 Å². The second kappa shape index (κ2) is 5.52. The molecule has 5 nitrogen and oxygen atoms in total. The van der Waals surface area contributed by atoms with Gasteiger partial charge >= 0.3 is 0 Å². The van der Waals surface area contributed by atoms with E-state index in [1.165, 1.54) is 0 Å². The Labute approximate surface area is 108 Å². The van der Waals surface area contributed by atoms with Crippen molar-refractivity contribution < 1.29 is 4.79 Å². The lowest BCUT2D eigenvalue weighted by atomic mass is 9.76. The number of H-pyrrole nitrogens is 1. The second-order valence-corrected chi connectivity index (χ2v) is 4.96. The predicted molar refractivity (Wildman–Crippen MR) is 71.4 cm³/mol. The van der Waals surface area contributed by atoms with Gasteiger partial charge in [0.1, 0.15) is 5.82 Å². The first kappa shape index (κ1) is 13.1. The maximum atomic E-state index is 12.5. The quantitative estimate of drug-likeness (QED) is 0.761. The van der Waals surface area contributed by atoms with E-state index in [-0.39, 0.29) is 11.3 Å². The minimum absolute atomic E-state index is 0.130. The lowest BCUT2D eigenvalue weighted by Crippen LogP contribution is -2.44. The van der Waals surface area contributed by atoms with Gasteiger partial charge in [-0.3, -0.25) is 9.89 Å². The topological polar surface area (TPSA) is 69.8 Å². The molecule has 2 rings (SSSR count).